The molecule has 0 atom stereocenters. The van der Waals surface area contributed by atoms with Gasteiger partial charge in [-0.1, -0.05) is 6.08 Å². The average molecular weight is 166 g/mol. The molecule has 2 rings (SSSR count). The standard InChI is InChI=1S/C4H4N2O.C3H6N2/c7-4-5-2-1-3-6-4;1-2-4-5-3-1/h1-3H,(H,5,6,7);1-2,4-5H,3H2. The van der Waals surface area contributed by atoms with Crippen molar-refractivity contribution in [2.75, 3.05) is 6.54 Å². The first-order valence-corrected chi connectivity index (χ1v) is 3.53. The van der Waals surface area contributed by atoms with E-state index >= 15 is 0 Å². The summed E-state index contributed by atoms with van der Waals surface area (Å²) in [7, 11) is 0. The maximum absolute atomic E-state index is 10.1. The van der Waals surface area contributed by atoms with Crippen molar-refractivity contribution in [3.8, 4) is 0 Å². The lowest BCUT2D eigenvalue weighted by atomic mass is 10.7. The van der Waals surface area contributed by atoms with Gasteiger partial charge in [0.2, 0.25) is 0 Å². The van der Waals surface area contributed by atoms with E-state index in [0.717, 1.165) is 6.54 Å². The third-order valence-electron chi connectivity index (χ3n) is 1.10. The molecule has 0 fully saturated rings. The monoisotopic (exact) mass is 166 g/mol. The lowest BCUT2D eigenvalue weighted by molar-refractivity contribution is 0.727. The highest BCUT2D eigenvalue weighted by Crippen LogP contribution is 1.67. The van der Waals surface area contributed by atoms with Gasteiger partial charge in [-0.2, -0.15) is 0 Å². The Hall–Kier alpha value is -1.62. The average Bonchev–Trinajstić information content (AvgIpc) is 2.62. The van der Waals surface area contributed by atoms with Gasteiger partial charge in [-0.25, -0.2) is 15.2 Å². The van der Waals surface area contributed by atoms with Crippen molar-refractivity contribution >= 4 is 0 Å². The number of rotatable bonds is 0. The molecule has 0 bridgehead atoms. The Morgan fingerprint density at radius 2 is 2.42 bits per heavy atom. The molecule has 0 saturated heterocycles. The summed E-state index contributed by atoms with van der Waals surface area (Å²) >= 11 is 0. The third kappa shape index (κ3) is 3.52. The maximum atomic E-state index is 10.1. The van der Waals surface area contributed by atoms with E-state index in [-0.39, 0.29) is 5.69 Å². The smallest absolute Gasteiger partial charge is 0.329 e. The van der Waals surface area contributed by atoms with Gasteiger partial charge >= 0.3 is 5.69 Å². The number of aromatic amines is 1. The third-order valence-corrected chi connectivity index (χ3v) is 1.10. The van der Waals surface area contributed by atoms with Crippen LogP contribution in [0.4, 0.5) is 0 Å². The van der Waals surface area contributed by atoms with E-state index in [0.29, 0.717) is 0 Å². The second kappa shape index (κ2) is 5.09. The number of nitrogens with zero attached hydrogens (tertiary/aromatic N) is 1. The lowest BCUT2D eigenvalue weighted by Gasteiger charge is -1.83. The summed E-state index contributed by atoms with van der Waals surface area (Å²) in [6, 6.07) is 1.65. The minimum atomic E-state index is -0.303. The van der Waals surface area contributed by atoms with Crippen LogP contribution < -0.4 is 16.5 Å². The van der Waals surface area contributed by atoms with Gasteiger partial charge in [0.25, 0.3) is 0 Å². The van der Waals surface area contributed by atoms with Crippen LogP contribution in [-0.2, 0) is 0 Å². The van der Waals surface area contributed by atoms with Crippen molar-refractivity contribution < 1.29 is 0 Å². The van der Waals surface area contributed by atoms with Gasteiger partial charge in [-0.05, 0) is 6.07 Å². The number of hydrazine groups is 1. The van der Waals surface area contributed by atoms with Crippen LogP contribution in [0.2, 0.25) is 0 Å². The Bertz CT molecular complexity index is 270. The number of hydrogen-bond donors (Lipinski definition) is 3. The van der Waals surface area contributed by atoms with Crippen molar-refractivity contribution in [1.29, 1.82) is 0 Å². The summed E-state index contributed by atoms with van der Waals surface area (Å²) in [6.07, 6.45) is 6.87. The minimum absolute atomic E-state index is 0.303. The Kier molecular flexibility index (Phi) is 3.59. The van der Waals surface area contributed by atoms with E-state index in [1.807, 2.05) is 12.3 Å². The fourth-order valence-electron chi connectivity index (χ4n) is 0.605. The Labute approximate surface area is 69.5 Å². The molecule has 0 radical (unpaired) electrons. The summed E-state index contributed by atoms with van der Waals surface area (Å²) in [5, 5.41) is 0. The topological polar surface area (TPSA) is 69.8 Å². The normalized spacial score (nSPS) is 13.0. The van der Waals surface area contributed by atoms with E-state index in [2.05, 4.69) is 20.8 Å². The SMILES string of the molecule is C1=CNNC1.O=c1nccc[nH]1. The van der Waals surface area contributed by atoms with E-state index in [1.165, 1.54) is 12.4 Å². The van der Waals surface area contributed by atoms with Crippen LogP contribution in [0.15, 0.2) is 35.5 Å². The van der Waals surface area contributed by atoms with Crippen LogP contribution in [0.25, 0.3) is 0 Å². The van der Waals surface area contributed by atoms with Crippen molar-refractivity contribution in [2.45, 2.75) is 0 Å². The minimum Gasteiger partial charge on any atom is -0.329 e. The molecule has 3 N–H and O–H groups in total. The summed E-state index contributed by atoms with van der Waals surface area (Å²) in [5.74, 6) is 0. The molecule has 64 valence electrons. The molecule has 12 heavy (non-hydrogen) atoms. The molecule has 1 aliphatic rings. The summed E-state index contributed by atoms with van der Waals surface area (Å²) in [4.78, 5) is 15.8. The summed E-state index contributed by atoms with van der Waals surface area (Å²) < 4.78 is 0. The second-order valence-electron chi connectivity index (χ2n) is 2.01. The molecule has 0 amide bonds. The zero-order chi connectivity index (χ0) is 8.65. The molecule has 0 spiro atoms. The molecular weight excluding hydrogens is 156 g/mol. The highest BCUT2D eigenvalue weighted by atomic mass is 16.1. The van der Waals surface area contributed by atoms with Gasteiger partial charge in [0, 0.05) is 25.1 Å². The molecule has 1 aliphatic heterocycles. The van der Waals surface area contributed by atoms with Crippen LogP contribution in [-0.4, -0.2) is 16.5 Å². The molecule has 0 saturated carbocycles. The zero-order valence-corrected chi connectivity index (χ0v) is 6.45. The Balaban J connectivity index is 0.000000127. The fraction of sp³-hybridized carbons (Fsp3) is 0.143. The molecule has 1 aromatic heterocycles. The van der Waals surface area contributed by atoms with E-state index < -0.39 is 0 Å². The number of aromatic nitrogens is 2. The number of hydrogen-bond acceptors (Lipinski definition) is 4. The fourth-order valence-corrected chi connectivity index (χ4v) is 0.605. The van der Waals surface area contributed by atoms with Gasteiger partial charge in [-0.15, -0.1) is 0 Å². The first-order chi connectivity index (χ1) is 5.89. The molecule has 2 heterocycles. The predicted molar refractivity (Wildman–Crippen MR) is 45.1 cm³/mol. The van der Waals surface area contributed by atoms with Crippen molar-refractivity contribution in [2.24, 2.45) is 0 Å². The first kappa shape index (κ1) is 8.48. The Morgan fingerprint density at radius 1 is 1.50 bits per heavy atom. The van der Waals surface area contributed by atoms with Gasteiger partial charge in [0.15, 0.2) is 0 Å². The van der Waals surface area contributed by atoms with Crippen LogP contribution in [0.5, 0.6) is 0 Å². The first-order valence-electron chi connectivity index (χ1n) is 3.53. The van der Waals surface area contributed by atoms with E-state index in [1.54, 1.807) is 6.07 Å². The van der Waals surface area contributed by atoms with E-state index in [9.17, 15) is 4.79 Å². The molecule has 0 aliphatic carbocycles. The van der Waals surface area contributed by atoms with E-state index in [4.69, 9.17) is 0 Å². The molecule has 5 heteroatoms. The highest BCUT2D eigenvalue weighted by molar-refractivity contribution is 4.85. The van der Waals surface area contributed by atoms with Gasteiger partial charge < -0.3 is 10.4 Å². The number of nitrogens with one attached hydrogen (secondary N) is 3. The summed E-state index contributed by atoms with van der Waals surface area (Å²) in [6.45, 7) is 0.958. The predicted octanol–water partition coefficient (Wildman–Crippen LogP) is -0.622. The van der Waals surface area contributed by atoms with Crippen molar-refractivity contribution in [1.82, 2.24) is 20.8 Å². The molecule has 5 nitrogen and oxygen atoms in total. The van der Waals surface area contributed by atoms with Gasteiger partial charge in [0.05, 0.1) is 0 Å². The highest BCUT2D eigenvalue weighted by Gasteiger charge is 1.78. The number of H-pyrrole nitrogens is 1. The molecule has 0 unspecified atom stereocenters. The molecular formula is C7H10N4O. The van der Waals surface area contributed by atoms with Crippen LogP contribution in [0.3, 0.4) is 0 Å². The van der Waals surface area contributed by atoms with Crippen LogP contribution >= 0.6 is 0 Å². The van der Waals surface area contributed by atoms with Crippen LogP contribution in [0, 0.1) is 0 Å². The molecule has 1 aromatic rings. The maximum Gasteiger partial charge on any atom is 0.344 e. The Morgan fingerprint density at radius 3 is 2.67 bits per heavy atom. The van der Waals surface area contributed by atoms with Gasteiger partial charge in [0.1, 0.15) is 0 Å². The summed E-state index contributed by atoms with van der Waals surface area (Å²) in [5.41, 5.74) is 5.35. The lowest BCUT2D eigenvalue weighted by Crippen LogP contribution is -2.19. The second-order valence-corrected chi connectivity index (χ2v) is 2.01. The van der Waals surface area contributed by atoms with Crippen molar-refractivity contribution in [3.63, 3.8) is 0 Å². The molecule has 0 aromatic carbocycles. The van der Waals surface area contributed by atoms with Crippen molar-refractivity contribution in [3.05, 3.63) is 41.2 Å². The van der Waals surface area contributed by atoms with Crippen LogP contribution in [0.1, 0.15) is 0 Å². The van der Waals surface area contributed by atoms with Gasteiger partial charge in [-0.3, -0.25) is 0 Å². The zero-order valence-electron chi connectivity index (χ0n) is 6.45. The quantitative estimate of drug-likeness (QED) is 0.480. The largest absolute Gasteiger partial charge is 0.344 e.